The first-order valence-electron chi connectivity index (χ1n) is 15.8. The zero-order chi connectivity index (χ0) is 33.5. The van der Waals surface area contributed by atoms with Gasteiger partial charge in [-0.2, -0.15) is 0 Å². The zero-order valence-corrected chi connectivity index (χ0v) is 29.1. The van der Waals surface area contributed by atoms with Gasteiger partial charge in [-0.25, -0.2) is 9.79 Å². The molecule has 2 aliphatic rings. The Morgan fingerprint density at radius 3 is 2.50 bits per heavy atom. The number of methoxy groups -OCH3 is 1. The Hall–Kier alpha value is -4.80. The first-order chi connectivity index (χ1) is 23.4. The van der Waals surface area contributed by atoms with E-state index in [1.165, 1.54) is 11.3 Å². The fourth-order valence-corrected chi connectivity index (χ4v) is 8.10. The molecule has 5 aromatic rings. The van der Waals surface area contributed by atoms with Crippen LogP contribution in [0.15, 0.2) is 110 Å². The van der Waals surface area contributed by atoms with Crippen LogP contribution in [0.2, 0.25) is 0 Å². The number of fused-ring (bicyclic) bond motifs is 3. The lowest BCUT2D eigenvalue weighted by molar-refractivity contribution is -0.139. The highest BCUT2D eigenvalue weighted by molar-refractivity contribution is 9.10. The van der Waals surface area contributed by atoms with Crippen molar-refractivity contribution >= 4 is 61.2 Å². The van der Waals surface area contributed by atoms with Crippen molar-refractivity contribution in [3.63, 3.8) is 0 Å². The number of halogens is 1. The molecule has 0 radical (unpaired) electrons. The second kappa shape index (κ2) is 13.0. The molecule has 1 aromatic heterocycles. The zero-order valence-electron chi connectivity index (χ0n) is 26.7. The quantitative estimate of drug-likeness (QED) is 0.173. The summed E-state index contributed by atoms with van der Waals surface area (Å²) < 4.78 is 14.1. The predicted octanol–water partition coefficient (Wildman–Crippen LogP) is 6.42. The van der Waals surface area contributed by atoms with E-state index in [0.717, 1.165) is 32.9 Å². The summed E-state index contributed by atoms with van der Waals surface area (Å²) in [6, 6.07) is 26.1. The molecule has 0 saturated carbocycles. The Morgan fingerprint density at radius 2 is 1.75 bits per heavy atom. The largest absolute Gasteiger partial charge is 0.496 e. The molecule has 0 aliphatic carbocycles. The number of nitrogens with zero attached hydrogens (tertiary/aromatic N) is 3. The Bertz CT molecular complexity index is 2330. The molecule has 2 aliphatic heterocycles. The summed E-state index contributed by atoms with van der Waals surface area (Å²) in [6.45, 7) is 4.28. The van der Waals surface area contributed by atoms with Crippen molar-refractivity contribution < 1.29 is 19.1 Å². The van der Waals surface area contributed by atoms with Crippen molar-refractivity contribution in [3.05, 3.63) is 137 Å². The fraction of sp³-hybridized carbons (Fsp3) is 0.211. The van der Waals surface area contributed by atoms with Crippen LogP contribution >= 0.6 is 27.3 Å². The molecule has 10 heteroatoms. The number of hydrogen-bond donors (Lipinski definition) is 0. The molecule has 0 spiro atoms. The number of benzene rings is 4. The van der Waals surface area contributed by atoms with E-state index in [0.29, 0.717) is 51.5 Å². The van der Waals surface area contributed by atoms with Crippen LogP contribution in [0.5, 0.6) is 5.75 Å². The average Bonchev–Trinajstić information content (AvgIpc) is 3.55. The van der Waals surface area contributed by atoms with Crippen LogP contribution in [0, 0.1) is 0 Å². The molecule has 0 unspecified atom stereocenters. The molecule has 0 bridgehead atoms. The van der Waals surface area contributed by atoms with Gasteiger partial charge in [-0.15, -0.1) is 0 Å². The molecule has 1 amide bonds. The van der Waals surface area contributed by atoms with Gasteiger partial charge in [0.05, 0.1) is 42.8 Å². The van der Waals surface area contributed by atoms with Crippen molar-refractivity contribution in [2.45, 2.75) is 39.3 Å². The summed E-state index contributed by atoms with van der Waals surface area (Å²) in [5.74, 6) is -0.283. The van der Waals surface area contributed by atoms with E-state index >= 15 is 0 Å². The van der Waals surface area contributed by atoms with E-state index in [1.807, 2.05) is 91.9 Å². The molecule has 0 N–H and O–H groups in total. The lowest BCUT2D eigenvalue weighted by atomic mass is 9.90. The summed E-state index contributed by atoms with van der Waals surface area (Å²) in [7, 11) is 1.58. The summed E-state index contributed by atoms with van der Waals surface area (Å²) >= 11 is 4.75. The number of carbonyl (C=O) groups is 2. The highest BCUT2D eigenvalue weighted by Gasteiger charge is 2.39. The number of rotatable bonds is 8. The number of allylic oxidation sites excluding steroid dienone is 1. The molecule has 3 heterocycles. The lowest BCUT2D eigenvalue weighted by Crippen LogP contribution is -2.41. The number of amides is 1. The Labute approximate surface area is 289 Å². The lowest BCUT2D eigenvalue weighted by Gasteiger charge is -2.28. The average molecular weight is 723 g/mol. The Morgan fingerprint density at radius 1 is 0.979 bits per heavy atom. The second-order valence-corrected chi connectivity index (χ2v) is 13.4. The van der Waals surface area contributed by atoms with Crippen LogP contribution in [0.25, 0.3) is 16.3 Å². The number of thiazole rings is 1. The maximum atomic E-state index is 14.9. The molecule has 7 rings (SSSR count). The minimum absolute atomic E-state index is 0.160. The molecular weight excluding hydrogens is 690 g/mol. The van der Waals surface area contributed by atoms with Crippen molar-refractivity contribution in [3.8, 4) is 5.75 Å². The van der Waals surface area contributed by atoms with Crippen molar-refractivity contribution in [1.29, 1.82) is 0 Å². The van der Waals surface area contributed by atoms with Gasteiger partial charge in [0.25, 0.3) is 11.5 Å². The second-order valence-electron chi connectivity index (χ2n) is 11.6. The normalized spacial score (nSPS) is 16.5. The number of aromatic nitrogens is 1. The van der Waals surface area contributed by atoms with E-state index < -0.39 is 17.6 Å². The fourth-order valence-electron chi connectivity index (χ4n) is 6.63. The first kappa shape index (κ1) is 31.8. The van der Waals surface area contributed by atoms with Gasteiger partial charge in [0.15, 0.2) is 4.80 Å². The molecule has 0 fully saturated rings. The van der Waals surface area contributed by atoms with E-state index in [2.05, 4.69) is 15.9 Å². The van der Waals surface area contributed by atoms with Gasteiger partial charge < -0.3 is 14.4 Å². The number of anilines is 1. The first-order valence-corrected chi connectivity index (χ1v) is 17.4. The van der Waals surface area contributed by atoms with Crippen LogP contribution in [-0.4, -0.2) is 30.2 Å². The van der Waals surface area contributed by atoms with Gasteiger partial charge in [-0.1, -0.05) is 101 Å². The van der Waals surface area contributed by atoms with Crippen LogP contribution < -0.4 is 24.5 Å². The van der Waals surface area contributed by atoms with E-state index in [-0.39, 0.29) is 17.0 Å². The third-order valence-electron chi connectivity index (χ3n) is 8.68. The van der Waals surface area contributed by atoms with E-state index in [1.54, 1.807) is 23.5 Å². The minimum Gasteiger partial charge on any atom is -0.496 e. The van der Waals surface area contributed by atoms with Crippen molar-refractivity contribution in [2.75, 3.05) is 18.6 Å². The van der Waals surface area contributed by atoms with Crippen LogP contribution in [0.3, 0.4) is 0 Å². The Balaban J connectivity index is 1.55. The highest BCUT2D eigenvalue weighted by atomic mass is 79.9. The summed E-state index contributed by atoms with van der Waals surface area (Å²) in [5.41, 5.74) is 3.76. The molecule has 4 aromatic carbocycles. The summed E-state index contributed by atoms with van der Waals surface area (Å²) in [4.78, 5) is 50.3. The smallest absolute Gasteiger partial charge is 0.338 e. The van der Waals surface area contributed by atoms with Gasteiger partial charge in [-0.3, -0.25) is 14.2 Å². The molecule has 1 atom stereocenters. The number of esters is 1. The number of carbonyl (C=O) groups excluding carboxylic acids is 2. The number of hydrogen-bond acceptors (Lipinski definition) is 7. The Kier molecular flexibility index (Phi) is 8.61. The van der Waals surface area contributed by atoms with Crippen molar-refractivity contribution in [1.82, 2.24) is 4.57 Å². The maximum absolute atomic E-state index is 14.9. The van der Waals surface area contributed by atoms with Crippen LogP contribution in [0.1, 0.15) is 49.4 Å². The molecule has 0 saturated heterocycles. The number of ether oxygens (including phenoxy) is 2. The molecular formula is C38H32BrN3O5S. The predicted molar refractivity (Wildman–Crippen MR) is 191 cm³/mol. The SMILES string of the molecule is CCCC1=C(C(=O)OCC)[C@H](c2c(OC)ccc3ccccc23)n2c(s/c(=C3\C(=O)N(Cc4ccccc4)c4ccc(Br)cc43)c2=O)=N1. The summed E-state index contributed by atoms with van der Waals surface area (Å²) in [6.07, 6.45) is 1.21. The van der Waals surface area contributed by atoms with Gasteiger partial charge in [0.2, 0.25) is 0 Å². The van der Waals surface area contributed by atoms with Gasteiger partial charge in [0.1, 0.15) is 16.3 Å². The highest BCUT2D eigenvalue weighted by Crippen LogP contribution is 2.42. The van der Waals surface area contributed by atoms with Crippen LogP contribution in [-0.2, 0) is 20.9 Å². The van der Waals surface area contributed by atoms with Crippen LogP contribution in [0.4, 0.5) is 5.69 Å². The molecule has 8 nitrogen and oxygen atoms in total. The van der Waals surface area contributed by atoms with Gasteiger partial charge in [-0.05, 0) is 53.9 Å². The minimum atomic E-state index is -0.906. The maximum Gasteiger partial charge on any atom is 0.338 e. The standard InChI is InChI=1S/C38H32BrN3O5S/c1-4-11-27-32(37(45)47-5-2)33(30-25-15-10-9-14-23(25)16-19-29(30)46-3)42-36(44)34(48-38(42)40-27)31-26-20-24(39)17-18-28(26)41(35(31)43)21-22-12-7-6-8-13-22/h6-10,12-20,33H,4-5,11,21H2,1-3H3/b34-31-/t33-/m0/s1. The molecule has 48 heavy (non-hydrogen) atoms. The monoisotopic (exact) mass is 721 g/mol. The van der Waals surface area contributed by atoms with E-state index in [9.17, 15) is 14.4 Å². The van der Waals surface area contributed by atoms with E-state index in [4.69, 9.17) is 14.5 Å². The third-order valence-corrected chi connectivity index (χ3v) is 10.2. The van der Waals surface area contributed by atoms with Gasteiger partial charge in [0, 0.05) is 15.6 Å². The summed E-state index contributed by atoms with van der Waals surface area (Å²) in [5, 5.41) is 1.76. The third kappa shape index (κ3) is 5.29. The molecule has 242 valence electrons. The van der Waals surface area contributed by atoms with Crippen molar-refractivity contribution in [2.24, 2.45) is 4.99 Å². The van der Waals surface area contributed by atoms with Gasteiger partial charge >= 0.3 is 5.97 Å². The topological polar surface area (TPSA) is 90.2 Å².